The molecule has 6 heteroatoms. The molecule has 0 unspecified atom stereocenters. The van der Waals surface area contributed by atoms with Crippen LogP contribution in [-0.2, 0) is 11.3 Å². The van der Waals surface area contributed by atoms with Gasteiger partial charge in [0.15, 0.2) is 6.61 Å². The highest BCUT2D eigenvalue weighted by molar-refractivity contribution is 5.94. The second kappa shape index (κ2) is 7.91. The van der Waals surface area contributed by atoms with Gasteiger partial charge in [-0.1, -0.05) is 37.3 Å². The van der Waals surface area contributed by atoms with Crippen molar-refractivity contribution in [2.75, 3.05) is 25.1 Å². The first-order valence-corrected chi connectivity index (χ1v) is 8.65. The second-order valence-electron chi connectivity index (χ2n) is 6.33. The normalized spacial score (nSPS) is 15.3. The van der Waals surface area contributed by atoms with Gasteiger partial charge >= 0.3 is 6.03 Å². The highest BCUT2D eigenvalue weighted by atomic mass is 16.5. The van der Waals surface area contributed by atoms with E-state index in [2.05, 4.69) is 23.6 Å². The summed E-state index contributed by atoms with van der Waals surface area (Å²) in [7, 11) is 1.57. The lowest BCUT2D eigenvalue weighted by Crippen LogP contribution is -2.38. The number of likely N-dealkylation sites (N-methyl/N-ethyl adjacent to an activating group) is 1. The Morgan fingerprint density at radius 3 is 2.62 bits per heavy atom. The fourth-order valence-corrected chi connectivity index (χ4v) is 3.01. The van der Waals surface area contributed by atoms with E-state index in [1.54, 1.807) is 24.1 Å². The molecule has 26 heavy (non-hydrogen) atoms. The molecular weight excluding hydrogens is 330 g/mol. The van der Waals surface area contributed by atoms with Crippen molar-refractivity contribution in [1.29, 1.82) is 0 Å². The molecule has 0 aliphatic carbocycles. The smallest absolute Gasteiger partial charge is 0.322 e. The van der Waals surface area contributed by atoms with E-state index < -0.39 is 0 Å². The number of ether oxygens (including phenoxy) is 1. The average molecular weight is 353 g/mol. The number of rotatable bonds is 5. The highest BCUT2D eigenvalue weighted by Crippen LogP contribution is 2.35. The van der Waals surface area contributed by atoms with Crippen molar-refractivity contribution in [3.63, 3.8) is 0 Å². The first-order valence-electron chi connectivity index (χ1n) is 8.65. The van der Waals surface area contributed by atoms with Gasteiger partial charge in [-0.05, 0) is 29.3 Å². The van der Waals surface area contributed by atoms with Gasteiger partial charge in [-0.3, -0.25) is 9.69 Å². The Labute approximate surface area is 153 Å². The quantitative estimate of drug-likeness (QED) is 0.868. The molecule has 2 N–H and O–H groups in total. The number of hydrogen-bond acceptors (Lipinski definition) is 3. The number of nitrogens with one attached hydrogen (secondary N) is 2. The third kappa shape index (κ3) is 3.96. The summed E-state index contributed by atoms with van der Waals surface area (Å²) < 4.78 is 5.36. The average Bonchev–Trinajstić information content (AvgIpc) is 3.02. The van der Waals surface area contributed by atoms with Crippen molar-refractivity contribution in [3.8, 4) is 5.75 Å². The fourth-order valence-electron chi connectivity index (χ4n) is 3.01. The molecule has 2 aromatic rings. The molecule has 6 nitrogen and oxygen atoms in total. The number of anilines is 1. The summed E-state index contributed by atoms with van der Waals surface area (Å²) in [6.07, 6.45) is 0. The number of benzene rings is 2. The Balaban J connectivity index is 1.54. The van der Waals surface area contributed by atoms with E-state index in [1.165, 1.54) is 5.56 Å². The first kappa shape index (κ1) is 17.8. The predicted molar refractivity (Wildman–Crippen MR) is 100 cm³/mol. The van der Waals surface area contributed by atoms with Crippen molar-refractivity contribution in [2.24, 2.45) is 0 Å². The van der Waals surface area contributed by atoms with E-state index in [4.69, 9.17) is 4.74 Å². The molecule has 1 atom stereocenters. The molecule has 2 aromatic carbocycles. The molecule has 136 valence electrons. The molecule has 1 heterocycles. The number of amides is 3. The summed E-state index contributed by atoms with van der Waals surface area (Å²) in [4.78, 5) is 25.5. The van der Waals surface area contributed by atoms with Crippen molar-refractivity contribution in [1.82, 2.24) is 10.6 Å². The minimum absolute atomic E-state index is 0.0147. The molecule has 1 aliphatic heterocycles. The summed E-state index contributed by atoms with van der Waals surface area (Å²) in [5, 5.41) is 5.46. The Hall–Kier alpha value is -3.02. The fraction of sp³-hybridized carbons (Fsp3) is 0.300. The lowest BCUT2D eigenvalue weighted by Gasteiger charge is -2.18. The van der Waals surface area contributed by atoms with Gasteiger partial charge in [0.25, 0.3) is 5.91 Å². The summed E-state index contributed by atoms with van der Waals surface area (Å²) in [6, 6.07) is 15.2. The van der Waals surface area contributed by atoms with Crippen LogP contribution in [0.4, 0.5) is 10.5 Å². The lowest BCUT2D eigenvalue weighted by molar-refractivity contribution is -0.122. The number of urea groups is 1. The van der Waals surface area contributed by atoms with E-state index >= 15 is 0 Å². The number of carbonyl (C=O) groups excluding carboxylic acids is 2. The maximum Gasteiger partial charge on any atom is 0.322 e. The zero-order valence-electron chi connectivity index (χ0n) is 15.0. The Kier molecular flexibility index (Phi) is 5.41. The van der Waals surface area contributed by atoms with E-state index in [-0.39, 0.29) is 18.5 Å². The Bertz CT molecular complexity index is 789. The summed E-state index contributed by atoms with van der Waals surface area (Å²) in [5.74, 6) is 0.779. The number of para-hydroxylation sites is 1. The number of fused-ring (bicyclic) bond motifs is 1. The monoisotopic (exact) mass is 353 g/mol. The predicted octanol–water partition coefficient (Wildman–Crippen LogP) is 2.64. The molecule has 0 fully saturated rings. The van der Waals surface area contributed by atoms with Crippen molar-refractivity contribution >= 4 is 17.6 Å². The topological polar surface area (TPSA) is 70.7 Å². The van der Waals surface area contributed by atoms with Gasteiger partial charge < -0.3 is 15.4 Å². The summed E-state index contributed by atoms with van der Waals surface area (Å²) >= 11 is 0. The van der Waals surface area contributed by atoms with Crippen LogP contribution in [0.2, 0.25) is 0 Å². The van der Waals surface area contributed by atoms with Gasteiger partial charge in [-0.25, -0.2) is 4.79 Å². The van der Waals surface area contributed by atoms with Gasteiger partial charge in [0.1, 0.15) is 5.75 Å². The van der Waals surface area contributed by atoms with E-state index in [9.17, 15) is 9.59 Å². The minimum atomic E-state index is -0.179. The van der Waals surface area contributed by atoms with E-state index in [0.717, 1.165) is 11.3 Å². The number of carbonyl (C=O) groups is 2. The summed E-state index contributed by atoms with van der Waals surface area (Å²) in [6.45, 7) is 3.24. The van der Waals surface area contributed by atoms with Crippen LogP contribution in [0.5, 0.6) is 5.75 Å². The summed E-state index contributed by atoms with van der Waals surface area (Å²) in [5.41, 5.74) is 3.15. The molecule has 3 amide bonds. The Morgan fingerprint density at radius 1 is 1.15 bits per heavy atom. The van der Waals surface area contributed by atoms with E-state index in [0.29, 0.717) is 24.8 Å². The molecule has 0 saturated carbocycles. The van der Waals surface area contributed by atoms with Gasteiger partial charge in [0.05, 0.1) is 0 Å². The van der Waals surface area contributed by atoms with Crippen molar-refractivity contribution in [2.45, 2.75) is 19.4 Å². The standard InChI is InChI=1S/C20H23N3O3/c1-14-12-23(18-6-4-3-5-17(14)18)20(25)22-11-15-7-9-16(10-8-15)26-13-19(24)21-2/h3-10,14H,11-13H2,1-2H3,(H,21,24)(H,22,25)/t14-/m0/s1. The van der Waals surface area contributed by atoms with Crippen LogP contribution >= 0.6 is 0 Å². The van der Waals surface area contributed by atoms with Gasteiger partial charge in [0, 0.05) is 31.7 Å². The molecule has 0 spiro atoms. The Morgan fingerprint density at radius 2 is 1.88 bits per heavy atom. The SMILES string of the molecule is CNC(=O)COc1ccc(CNC(=O)N2C[C@H](C)c3ccccc32)cc1. The molecule has 1 aliphatic rings. The van der Waals surface area contributed by atoms with Crippen LogP contribution in [0, 0.1) is 0 Å². The van der Waals surface area contributed by atoms with Crippen LogP contribution in [0.1, 0.15) is 24.0 Å². The number of hydrogen-bond donors (Lipinski definition) is 2. The van der Waals surface area contributed by atoms with Crippen LogP contribution in [0.15, 0.2) is 48.5 Å². The highest BCUT2D eigenvalue weighted by Gasteiger charge is 2.29. The van der Waals surface area contributed by atoms with Crippen LogP contribution in [0.25, 0.3) is 0 Å². The first-order chi connectivity index (χ1) is 12.6. The van der Waals surface area contributed by atoms with Gasteiger partial charge in [-0.15, -0.1) is 0 Å². The molecule has 0 aromatic heterocycles. The zero-order chi connectivity index (χ0) is 18.5. The third-order valence-corrected chi connectivity index (χ3v) is 4.48. The molecular formula is C20H23N3O3. The second-order valence-corrected chi connectivity index (χ2v) is 6.33. The molecule has 0 bridgehead atoms. The number of nitrogens with zero attached hydrogens (tertiary/aromatic N) is 1. The molecule has 3 rings (SSSR count). The van der Waals surface area contributed by atoms with Gasteiger partial charge in [0.2, 0.25) is 0 Å². The maximum absolute atomic E-state index is 12.6. The molecule has 0 saturated heterocycles. The van der Waals surface area contributed by atoms with Crippen molar-refractivity contribution < 1.29 is 14.3 Å². The van der Waals surface area contributed by atoms with Crippen LogP contribution in [0.3, 0.4) is 0 Å². The third-order valence-electron chi connectivity index (χ3n) is 4.48. The lowest BCUT2D eigenvalue weighted by atomic mass is 10.0. The van der Waals surface area contributed by atoms with E-state index in [1.807, 2.05) is 30.3 Å². The maximum atomic E-state index is 12.6. The molecule has 0 radical (unpaired) electrons. The van der Waals surface area contributed by atoms with Gasteiger partial charge in [-0.2, -0.15) is 0 Å². The minimum Gasteiger partial charge on any atom is -0.484 e. The zero-order valence-corrected chi connectivity index (χ0v) is 15.0. The van der Waals surface area contributed by atoms with Crippen LogP contribution < -0.4 is 20.3 Å². The largest absolute Gasteiger partial charge is 0.484 e. The van der Waals surface area contributed by atoms with Crippen LogP contribution in [-0.4, -0.2) is 32.1 Å². The van der Waals surface area contributed by atoms with Crippen molar-refractivity contribution in [3.05, 3.63) is 59.7 Å².